The largest absolute Gasteiger partial charge is 0.497 e. The molecular formula is C20H32N4O5S. The lowest BCUT2D eigenvalue weighted by molar-refractivity contribution is 0.0931. The monoisotopic (exact) mass is 440 g/mol. The number of benzene rings is 1. The Bertz CT molecular complexity index is 805. The molecule has 0 aromatic heterocycles. The lowest BCUT2D eigenvalue weighted by atomic mass is 10.1. The number of hydrogen-bond donors (Lipinski definition) is 1. The average molecular weight is 441 g/mol. The molecule has 10 heteroatoms. The number of carbonyl (C=O) groups excluding carboxylic acids is 1. The highest BCUT2D eigenvalue weighted by molar-refractivity contribution is 7.87. The first kappa shape index (κ1) is 22.8. The number of piperazine rings is 1. The summed E-state index contributed by atoms with van der Waals surface area (Å²) >= 11 is 0. The van der Waals surface area contributed by atoms with Crippen LogP contribution >= 0.6 is 0 Å². The highest BCUT2D eigenvalue weighted by Gasteiger charge is 2.31. The lowest BCUT2D eigenvalue weighted by Gasteiger charge is -2.34. The second kappa shape index (κ2) is 10.4. The second-order valence-electron chi connectivity index (χ2n) is 7.47. The van der Waals surface area contributed by atoms with E-state index in [2.05, 4.69) is 9.62 Å². The molecule has 0 bridgehead atoms. The molecule has 2 aliphatic heterocycles. The van der Waals surface area contributed by atoms with Gasteiger partial charge in [0.2, 0.25) is 0 Å². The summed E-state index contributed by atoms with van der Waals surface area (Å²) in [5, 5.41) is 0. The Morgan fingerprint density at radius 2 is 1.83 bits per heavy atom. The van der Waals surface area contributed by atoms with Gasteiger partial charge in [-0.15, -0.1) is 0 Å². The minimum absolute atomic E-state index is 0.0572. The van der Waals surface area contributed by atoms with Crippen molar-refractivity contribution in [1.29, 1.82) is 0 Å². The van der Waals surface area contributed by atoms with Crippen molar-refractivity contribution in [2.45, 2.75) is 25.8 Å². The van der Waals surface area contributed by atoms with E-state index in [-0.39, 0.29) is 25.7 Å². The van der Waals surface area contributed by atoms with Gasteiger partial charge in [-0.05, 0) is 50.6 Å². The number of carbonyl (C=O) groups is 1. The van der Waals surface area contributed by atoms with Crippen LogP contribution in [0, 0.1) is 0 Å². The van der Waals surface area contributed by atoms with E-state index in [4.69, 9.17) is 9.47 Å². The fourth-order valence-corrected chi connectivity index (χ4v) is 5.16. The topological polar surface area (TPSA) is 91.4 Å². The summed E-state index contributed by atoms with van der Waals surface area (Å²) in [5.74, 6) is 0.759. The minimum Gasteiger partial charge on any atom is -0.497 e. The van der Waals surface area contributed by atoms with E-state index in [1.165, 1.54) is 4.31 Å². The summed E-state index contributed by atoms with van der Waals surface area (Å²) in [4.78, 5) is 15.7. The van der Waals surface area contributed by atoms with Crippen molar-refractivity contribution >= 4 is 16.3 Å². The third-order valence-electron chi connectivity index (χ3n) is 5.62. The zero-order valence-electron chi connectivity index (χ0n) is 17.7. The second-order valence-corrected chi connectivity index (χ2v) is 9.23. The fourth-order valence-electron chi connectivity index (χ4n) is 3.96. The van der Waals surface area contributed by atoms with Gasteiger partial charge in [-0.1, -0.05) is 12.1 Å². The van der Waals surface area contributed by atoms with Crippen LogP contribution in [-0.2, 0) is 14.9 Å². The van der Waals surface area contributed by atoms with Crippen molar-refractivity contribution in [2.24, 2.45) is 0 Å². The maximum absolute atomic E-state index is 12.9. The lowest BCUT2D eigenvalue weighted by Crippen LogP contribution is -2.54. The number of rotatable bonds is 8. The standard InChI is InChI=1S/C20H32N4O5S/c1-3-29-20(25)23-11-13-24(14-12-23)30(26,27)21-16-19(22-9-4-5-10-22)17-7-6-8-18(15-17)28-2/h6-8,15,19,21H,3-5,9-14,16H2,1-2H3/t19-/m0/s1. The van der Waals surface area contributed by atoms with Gasteiger partial charge >= 0.3 is 6.09 Å². The van der Waals surface area contributed by atoms with E-state index in [1.807, 2.05) is 24.3 Å². The molecule has 1 N–H and O–H groups in total. The molecule has 30 heavy (non-hydrogen) atoms. The predicted molar refractivity (Wildman–Crippen MR) is 114 cm³/mol. The third-order valence-corrected chi connectivity index (χ3v) is 7.20. The van der Waals surface area contributed by atoms with Crippen LogP contribution in [0.4, 0.5) is 4.79 Å². The zero-order valence-corrected chi connectivity index (χ0v) is 18.6. The molecule has 9 nitrogen and oxygen atoms in total. The minimum atomic E-state index is -3.65. The number of nitrogens with one attached hydrogen (secondary N) is 1. The normalized spacial score (nSPS) is 19.6. The molecule has 2 fully saturated rings. The Hall–Kier alpha value is -1.88. The first-order chi connectivity index (χ1) is 14.4. The Morgan fingerprint density at radius 3 is 2.47 bits per heavy atom. The van der Waals surface area contributed by atoms with Gasteiger partial charge in [0.15, 0.2) is 0 Å². The number of likely N-dealkylation sites (tertiary alicyclic amines) is 1. The molecular weight excluding hydrogens is 408 g/mol. The van der Waals surface area contributed by atoms with Gasteiger partial charge < -0.3 is 14.4 Å². The van der Waals surface area contributed by atoms with Gasteiger partial charge in [-0.3, -0.25) is 4.90 Å². The van der Waals surface area contributed by atoms with Crippen LogP contribution in [0.15, 0.2) is 24.3 Å². The molecule has 2 aliphatic rings. The highest BCUT2D eigenvalue weighted by Crippen LogP contribution is 2.27. The van der Waals surface area contributed by atoms with Crippen LogP contribution in [0.5, 0.6) is 5.75 Å². The number of amides is 1. The van der Waals surface area contributed by atoms with E-state index in [9.17, 15) is 13.2 Å². The molecule has 0 unspecified atom stereocenters. The van der Waals surface area contributed by atoms with E-state index in [1.54, 1.807) is 18.9 Å². The third kappa shape index (κ3) is 5.63. The quantitative estimate of drug-likeness (QED) is 0.658. The van der Waals surface area contributed by atoms with E-state index in [0.717, 1.165) is 37.2 Å². The maximum atomic E-state index is 12.9. The van der Waals surface area contributed by atoms with Gasteiger partial charge in [0.1, 0.15) is 5.75 Å². The molecule has 1 aromatic carbocycles. The van der Waals surface area contributed by atoms with Crippen LogP contribution in [0.1, 0.15) is 31.4 Å². The highest BCUT2D eigenvalue weighted by atomic mass is 32.2. The van der Waals surface area contributed by atoms with Crippen LogP contribution in [0.25, 0.3) is 0 Å². The number of ether oxygens (including phenoxy) is 2. The molecule has 1 atom stereocenters. The maximum Gasteiger partial charge on any atom is 0.409 e. The van der Waals surface area contributed by atoms with E-state index >= 15 is 0 Å². The fraction of sp³-hybridized carbons (Fsp3) is 0.650. The molecule has 0 aliphatic carbocycles. The zero-order chi connectivity index (χ0) is 21.6. The molecule has 0 radical (unpaired) electrons. The van der Waals surface area contributed by atoms with Crippen molar-refractivity contribution in [2.75, 3.05) is 59.5 Å². The van der Waals surface area contributed by atoms with Crippen molar-refractivity contribution in [1.82, 2.24) is 18.8 Å². The van der Waals surface area contributed by atoms with Crippen molar-refractivity contribution in [3.05, 3.63) is 29.8 Å². The Balaban J connectivity index is 1.63. The molecule has 1 aromatic rings. The molecule has 2 saturated heterocycles. The Morgan fingerprint density at radius 1 is 1.13 bits per heavy atom. The summed E-state index contributed by atoms with van der Waals surface area (Å²) < 4.78 is 40.3. The van der Waals surface area contributed by atoms with Crippen LogP contribution < -0.4 is 9.46 Å². The van der Waals surface area contributed by atoms with Crippen LogP contribution in [-0.4, -0.2) is 88.1 Å². The summed E-state index contributed by atoms with van der Waals surface area (Å²) in [6, 6.07) is 7.74. The van der Waals surface area contributed by atoms with Gasteiger partial charge in [0.05, 0.1) is 13.7 Å². The Labute approximate surface area is 179 Å². The van der Waals surface area contributed by atoms with E-state index < -0.39 is 16.3 Å². The van der Waals surface area contributed by atoms with Gasteiger partial charge in [0, 0.05) is 38.8 Å². The van der Waals surface area contributed by atoms with Crippen LogP contribution in [0.2, 0.25) is 0 Å². The molecule has 168 valence electrons. The smallest absolute Gasteiger partial charge is 0.409 e. The molecule has 1 amide bonds. The average Bonchev–Trinajstić information content (AvgIpc) is 3.29. The summed E-state index contributed by atoms with van der Waals surface area (Å²) in [5.41, 5.74) is 1.03. The molecule has 3 rings (SSSR count). The molecule has 0 saturated carbocycles. The molecule has 0 spiro atoms. The van der Waals surface area contributed by atoms with Gasteiger partial charge in [0.25, 0.3) is 10.2 Å². The first-order valence-corrected chi connectivity index (χ1v) is 11.9. The Kier molecular flexibility index (Phi) is 7.93. The number of methoxy groups -OCH3 is 1. The summed E-state index contributed by atoms with van der Waals surface area (Å²) in [6.45, 7) is 5.39. The van der Waals surface area contributed by atoms with Gasteiger partial charge in [-0.25, -0.2) is 9.52 Å². The predicted octanol–water partition coefficient (Wildman–Crippen LogP) is 1.44. The van der Waals surface area contributed by atoms with Crippen molar-refractivity contribution < 1.29 is 22.7 Å². The number of hydrogen-bond acceptors (Lipinski definition) is 6. The first-order valence-electron chi connectivity index (χ1n) is 10.5. The SMILES string of the molecule is CCOC(=O)N1CCN(S(=O)(=O)NC[C@@H](c2cccc(OC)c2)N2CCCC2)CC1. The van der Waals surface area contributed by atoms with Crippen molar-refractivity contribution in [3.8, 4) is 5.75 Å². The van der Waals surface area contributed by atoms with Crippen LogP contribution in [0.3, 0.4) is 0 Å². The summed E-state index contributed by atoms with van der Waals surface area (Å²) in [6.07, 6.45) is 1.83. The van der Waals surface area contributed by atoms with E-state index in [0.29, 0.717) is 19.7 Å². The summed E-state index contributed by atoms with van der Waals surface area (Å²) in [7, 11) is -2.02. The molecule has 2 heterocycles. The van der Waals surface area contributed by atoms with Crippen molar-refractivity contribution in [3.63, 3.8) is 0 Å². The van der Waals surface area contributed by atoms with Gasteiger partial charge in [-0.2, -0.15) is 12.7 Å². The number of nitrogens with zero attached hydrogens (tertiary/aromatic N) is 3.